The van der Waals surface area contributed by atoms with Crippen molar-refractivity contribution in [2.75, 3.05) is 6.54 Å². The van der Waals surface area contributed by atoms with Crippen LogP contribution in [0.25, 0.3) is 22.2 Å². The molecular weight excluding hydrogens is 250 g/mol. The fraction of sp³-hybridized carbons (Fsp3) is 0.188. The second-order valence-electron chi connectivity index (χ2n) is 5.00. The lowest BCUT2D eigenvalue weighted by Gasteiger charge is -2.08. The number of aromatic nitrogens is 1. The molecule has 0 saturated carbocycles. The van der Waals surface area contributed by atoms with Gasteiger partial charge in [-0.15, -0.1) is 0 Å². The lowest BCUT2D eigenvalue weighted by molar-refractivity contribution is 0.441. The van der Waals surface area contributed by atoms with Crippen LogP contribution in [0.15, 0.2) is 47.0 Å². The molecule has 1 heterocycles. The Morgan fingerprint density at radius 2 is 1.90 bits per heavy atom. The topological polar surface area (TPSA) is 78.1 Å². The first kappa shape index (κ1) is 12.8. The standard InChI is InChI=1S/C16H17N3O/c1-10-2-4-11(5-3-10)16-13-8-12(14(18)9-17)6-7-15(13)19-20-16/h2-8,14H,9,17-18H2,1H3. The van der Waals surface area contributed by atoms with Crippen LogP contribution in [0.2, 0.25) is 0 Å². The molecule has 1 aromatic heterocycles. The van der Waals surface area contributed by atoms with Crippen LogP contribution in [-0.2, 0) is 0 Å². The van der Waals surface area contributed by atoms with Gasteiger partial charge < -0.3 is 16.0 Å². The van der Waals surface area contributed by atoms with Crippen LogP contribution in [0, 0.1) is 6.92 Å². The Bertz CT molecular complexity index is 731. The lowest BCUT2D eigenvalue weighted by Crippen LogP contribution is -2.20. The van der Waals surface area contributed by atoms with E-state index in [1.165, 1.54) is 5.56 Å². The second kappa shape index (κ2) is 5.07. The van der Waals surface area contributed by atoms with Crippen LogP contribution < -0.4 is 11.5 Å². The SMILES string of the molecule is Cc1ccc(-c2onc3ccc(C(N)CN)cc23)cc1. The summed E-state index contributed by atoms with van der Waals surface area (Å²) >= 11 is 0. The minimum absolute atomic E-state index is 0.167. The number of aryl methyl sites for hydroxylation is 1. The van der Waals surface area contributed by atoms with E-state index in [2.05, 4.69) is 24.2 Å². The lowest BCUT2D eigenvalue weighted by atomic mass is 10.0. The smallest absolute Gasteiger partial charge is 0.174 e. The first-order chi connectivity index (χ1) is 9.69. The van der Waals surface area contributed by atoms with Gasteiger partial charge in [0.05, 0.1) is 5.39 Å². The van der Waals surface area contributed by atoms with Gasteiger partial charge >= 0.3 is 0 Å². The van der Waals surface area contributed by atoms with E-state index in [0.29, 0.717) is 6.54 Å². The van der Waals surface area contributed by atoms with Gasteiger partial charge in [0.15, 0.2) is 5.76 Å². The number of nitrogens with two attached hydrogens (primary N) is 2. The highest BCUT2D eigenvalue weighted by Crippen LogP contribution is 2.30. The van der Waals surface area contributed by atoms with E-state index in [0.717, 1.165) is 27.8 Å². The number of fused-ring (bicyclic) bond motifs is 1. The Kier molecular flexibility index (Phi) is 3.26. The molecule has 0 spiro atoms. The highest BCUT2D eigenvalue weighted by atomic mass is 16.5. The van der Waals surface area contributed by atoms with Crippen molar-refractivity contribution in [3.8, 4) is 11.3 Å². The Balaban J connectivity index is 2.13. The third-order valence-corrected chi connectivity index (χ3v) is 3.50. The number of hydrogen-bond acceptors (Lipinski definition) is 4. The Hall–Kier alpha value is -2.17. The average Bonchev–Trinajstić information content (AvgIpc) is 2.90. The van der Waals surface area contributed by atoms with Crippen molar-refractivity contribution in [3.63, 3.8) is 0 Å². The Labute approximate surface area is 117 Å². The van der Waals surface area contributed by atoms with Gasteiger partial charge in [-0.25, -0.2) is 0 Å². The molecule has 102 valence electrons. The van der Waals surface area contributed by atoms with Crippen molar-refractivity contribution >= 4 is 10.9 Å². The van der Waals surface area contributed by atoms with Crippen molar-refractivity contribution in [1.29, 1.82) is 0 Å². The third-order valence-electron chi connectivity index (χ3n) is 3.50. The van der Waals surface area contributed by atoms with Gasteiger partial charge in [-0.3, -0.25) is 0 Å². The number of nitrogens with zero attached hydrogens (tertiary/aromatic N) is 1. The van der Waals surface area contributed by atoms with Gasteiger partial charge in [-0.05, 0) is 24.6 Å². The summed E-state index contributed by atoms with van der Waals surface area (Å²) in [6.07, 6.45) is 0. The summed E-state index contributed by atoms with van der Waals surface area (Å²) in [6, 6.07) is 13.9. The van der Waals surface area contributed by atoms with E-state index in [-0.39, 0.29) is 6.04 Å². The van der Waals surface area contributed by atoms with Crippen LogP contribution in [0.4, 0.5) is 0 Å². The number of benzene rings is 2. The van der Waals surface area contributed by atoms with Crippen LogP contribution >= 0.6 is 0 Å². The molecule has 0 fully saturated rings. The zero-order valence-corrected chi connectivity index (χ0v) is 11.3. The van der Waals surface area contributed by atoms with Crippen LogP contribution in [0.5, 0.6) is 0 Å². The fourth-order valence-electron chi connectivity index (χ4n) is 2.24. The summed E-state index contributed by atoms with van der Waals surface area (Å²) in [4.78, 5) is 0. The summed E-state index contributed by atoms with van der Waals surface area (Å²) in [5.41, 5.74) is 15.7. The number of rotatable bonds is 3. The van der Waals surface area contributed by atoms with Crippen LogP contribution in [0.1, 0.15) is 17.2 Å². The van der Waals surface area contributed by atoms with E-state index >= 15 is 0 Å². The Morgan fingerprint density at radius 1 is 1.15 bits per heavy atom. The minimum atomic E-state index is -0.167. The molecule has 0 amide bonds. The van der Waals surface area contributed by atoms with E-state index in [4.69, 9.17) is 16.0 Å². The van der Waals surface area contributed by atoms with Crippen LogP contribution in [0.3, 0.4) is 0 Å². The van der Waals surface area contributed by atoms with Crippen molar-refractivity contribution in [2.45, 2.75) is 13.0 Å². The molecule has 1 atom stereocenters. The monoisotopic (exact) mass is 267 g/mol. The molecule has 1 unspecified atom stereocenters. The summed E-state index contributed by atoms with van der Waals surface area (Å²) in [7, 11) is 0. The summed E-state index contributed by atoms with van der Waals surface area (Å²) in [5.74, 6) is 0.770. The van der Waals surface area contributed by atoms with E-state index < -0.39 is 0 Å². The molecule has 4 heteroatoms. The quantitative estimate of drug-likeness (QED) is 0.765. The molecule has 3 aromatic rings. The molecule has 0 aliphatic rings. The molecule has 4 nitrogen and oxygen atoms in total. The van der Waals surface area contributed by atoms with Gasteiger partial charge in [-0.1, -0.05) is 41.1 Å². The van der Waals surface area contributed by atoms with Crippen molar-refractivity contribution in [3.05, 3.63) is 53.6 Å². The zero-order chi connectivity index (χ0) is 14.1. The molecule has 0 bridgehead atoms. The fourth-order valence-corrected chi connectivity index (χ4v) is 2.24. The first-order valence-corrected chi connectivity index (χ1v) is 6.61. The maximum Gasteiger partial charge on any atom is 0.174 e. The molecule has 0 saturated heterocycles. The van der Waals surface area contributed by atoms with Crippen molar-refractivity contribution in [1.82, 2.24) is 5.16 Å². The predicted octanol–water partition coefficient (Wildman–Crippen LogP) is 2.76. The molecule has 20 heavy (non-hydrogen) atoms. The maximum absolute atomic E-state index is 5.99. The molecule has 0 aliphatic carbocycles. The van der Waals surface area contributed by atoms with Gasteiger partial charge in [0, 0.05) is 18.2 Å². The predicted molar refractivity (Wildman–Crippen MR) is 80.2 cm³/mol. The van der Waals surface area contributed by atoms with E-state index in [9.17, 15) is 0 Å². The molecular formula is C16H17N3O. The molecule has 0 aliphatic heterocycles. The second-order valence-corrected chi connectivity index (χ2v) is 5.00. The summed E-state index contributed by atoms with van der Waals surface area (Å²) < 4.78 is 5.49. The van der Waals surface area contributed by atoms with Crippen molar-refractivity contribution < 1.29 is 4.52 Å². The molecule has 4 N–H and O–H groups in total. The van der Waals surface area contributed by atoms with Gasteiger partial charge in [0.1, 0.15) is 5.52 Å². The van der Waals surface area contributed by atoms with Gasteiger partial charge in [0.25, 0.3) is 0 Å². The van der Waals surface area contributed by atoms with Crippen molar-refractivity contribution in [2.24, 2.45) is 11.5 Å². The van der Waals surface area contributed by atoms with Gasteiger partial charge in [0.2, 0.25) is 0 Å². The minimum Gasteiger partial charge on any atom is -0.355 e. The summed E-state index contributed by atoms with van der Waals surface area (Å²) in [5, 5.41) is 5.06. The normalized spacial score (nSPS) is 12.8. The molecule has 2 aromatic carbocycles. The van der Waals surface area contributed by atoms with Gasteiger partial charge in [-0.2, -0.15) is 0 Å². The van der Waals surface area contributed by atoms with E-state index in [1.807, 2.05) is 30.3 Å². The number of hydrogen-bond donors (Lipinski definition) is 2. The largest absolute Gasteiger partial charge is 0.355 e. The molecule has 0 radical (unpaired) electrons. The molecule has 3 rings (SSSR count). The summed E-state index contributed by atoms with van der Waals surface area (Å²) in [6.45, 7) is 2.47. The highest BCUT2D eigenvalue weighted by molar-refractivity contribution is 5.92. The first-order valence-electron chi connectivity index (χ1n) is 6.61. The van der Waals surface area contributed by atoms with E-state index in [1.54, 1.807) is 0 Å². The maximum atomic E-state index is 5.99. The van der Waals surface area contributed by atoms with Crippen LogP contribution in [-0.4, -0.2) is 11.7 Å². The average molecular weight is 267 g/mol. The third kappa shape index (κ3) is 2.19. The highest BCUT2D eigenvalue weighted by Gasteiger charge is 2.13. The Morgan fingerprint density at radius 3 is 2.60 bits per heavy atom. The zero-order valence-electron chi connectivity index (χ0n) is 11.3.